The minimum atomic E-state index is -1.32. The van der Waals surface area contributed by atoms with Crippen LogP contribution in [0.2, 0.25) is 0 Å². The first-order valence-corrected chi connectivity index (χ1v) is 10.4. The predicted octanol–water partition coefficient (Wildman–Crippen LogP) is 0.250. The summed E-state index contributed by atoms with van der Waals surface area (Å²) in [6.45, 7) is 1.83. The topological polar surface area (TPSA) is 159 Å². The minimum Gasteiger partial charge on any atom is -0.508 e. The Balaban J connectivity index is 1.74. The summed E-state index contributed by atoms with van der Waals surface area (Å²) in [7, 11) is 0. The first-order chi connectivity index (χ1) is 14.7. The molecule has 3 rings (SSSR count). The van der Waals surface area contributed by atoms with E-state index in [1.165, 1.54) is 30.0 Å². The van der Waals surface area contributed by atoms with Gasteiger partial charge in [-0.15, -0.1) is 11.8 Å². The van der Waals surface area contributed by atoms with Crippen LogP contribution in [0.4, 0.5) is 0 Å². The van der Waals surface area contributed by atoms with E-state index in [1.54, 1.807) is 19.1 Å². The Labute approximate surface area is 181 Å². The maximum Gasteiger partial charge on any atom is 0.352 e. The SMILES string of the molecule is CCOC(=O)C=CC1=C(C(=O)O)N2C(=O)C(NC(=O)C(N)c3cccc(O)c3)[C@@H]2SC1. The van der Waals surface area contributed by atoms with E-state index in [4.69, 9.17) is 10.5 Å². The van der Waals surface area contributed by atoms with Gasteiger partial charge in [-0.25, -0.2) is 9.59 Å². The lowest BCUT2D eigenvalue weighted by Gasteiger charge is -2.49. The lowest BCUT2D eigenvalue weighted by atomic mass is 10.0. The van der Waals surface area contributed by atoms with Crippen molar-refractivity contribution in [2.75, 3.05) is 12.4 Å². The fraction of sp³-hybridized carbons (Fsp3) is 0.300. The van der Waals surface area contributed by atoms with E-state index in [2.05, 4.69) is 5.32 Å². The molecule has 2 amide bonds. The maximum absolute atomic E-state index is 12.6. The molecular formula is C20H21N3O7S. The number of nitrogens with one attached hydrogen (secondary N) is 1. The number of carboxylic acid groups (broad SMARTS) is 1. The fourth-order valence-corrected chi connectivity index (χ4v) is 4.56. The number of nitrogens with zero attached hydrogens (tertiary/aromatic N) is 1. The number of carbonyl (C=O) groups excluding carboxylic acids is 3. The van der Waals surface area contributed by atoms with Crippen molar-refractivity contribution in [1.29, 1.82) is 0 Å². The van der Waals surface area contributed by atoms with Crippen LogP contribution in [0.3, 0.4) is 0 Å². The number of thioether (sulfide) groups is 1. The molecule has 0 saturated carbocycles. The number of carbonyl (C=O) groups is 4. The number of fused-ring (bicyclic) bond motifs is 1. The van der Waals surface area contributed by atoms with Gasteiger partial charge in [-0.1, -0.05) is 12.1 Å². The van der Waals surface area contributed by atoms with Crippen molar-refractivity contribution < 1.29 is 34.1 Å². The smallest absolute Gasteiger partial charge is 0.352 e. The van der Waals surface area contributed by atoms with Crippen LogP contribution >= 0.6 is 11.8 Å². The molecule has 0 spiro atoms. The van der Waals surface area contributed by atoms with Gasteiger partial charge in [0.05, 0.1) is 6.61 Å². The molecule has 10 nitrogen and oxygen atoms in total. The second-order valence-corrected chi connectivity index (χ2v) is 7.84. The van der Waals surface area contributed by atoms with E-state index in [0.717, 1.165) is 11.0 Å². The summed E-state index contributed by atoms with van der Waals surface area (Å²) in [5.74, 6) is -2.98. The van der Waals surface area contributed by atoms with Crippen LogP contribution in [0.1, 0.15) is 18.5 Å². The molecule has 2 aliphatic rings. The fourth-order valence-electron chi connectivity index (χ4n) is 3.24. The highest BCUT2D eigenvalue weighted by Crippen LogP contribution is 2.40. The van der Waals surface area contributed by atoms with Gasteiger partial charge >= 0.3 is 11.9 Å². The van der Waals surface area contributed by atoms with Gasteiger partial charge in [0, 0.05) is 11.8 Å². The summed E-state index contributed by atoms with van der Waals surface area (Å²) in [5.41, 5.74) is 6.35. The van der Waals surface area contributed by atoms with Crippen LogP contribution in [0.15, 0.2) is 47.7 Å². The normalized spacial score (nSPS) is 21.4. The number of rotatable bonds is 7. The number of phenolic OH excluding ortho intramolecular Hbond substituents is 1. The predicted molar refractivity (Wildman–Crippen MR) is 110 cm³/mol. The van der Waals surface area contributed by atoms with Crippen molar-refractivity contribution >= 4 is 35.5 Å². The van der Waals surface area contributed by atoms with Gasteiger partial charge in [-0.05, 0) is 36.3 Å². The number of carboxylic acids is 1. The van der Waals surface area contributed by atoms with Crippen molar-refractivity contribution in [3.8, 4) is 5.75 Å². The lowest BCUT2D eigenvalue weighted by molar-refractivity contribution is -0.150. The molecule has 3 atom stereocenters. The number of hydrogen-bond donors (Lipinski definition) is 4. The molecule has 2 unspecified atom stereocenters. The molecule has 164 valence electrons. The summed E-state index contributed by atoms with van der Waals surface area (Å²) >= 11 is 1.26. The van der Waals surface area contributed by atoms with Crippen LogP contribution in [0.25, 0.3) is 0 Å². The number of benzene rings is 1. The number of allylic oxidation sites excluding steroid dienone is 1. The number of aliphatic carboxylic acids is 1. The van der Waals surface area contributed by atoms with Crippen LogP contribution < -0.4 is 11.1 Å². The Kier molecular flexibility index (Phi) is 6.66. The first kappa shape index (κ1) is 22.4. The third-order valence-corrected chi connectivity index (χ3v) is 6.02. The van der Waals surface area contributed by atoms with E-state index >= 15 is 0 Å². The van der Waals surface area contributed by atoms with E-state index < -0.39 is 41.2 Å². The average molecular weight is 447 g/mol. The molecule has 0 aromatic heterocycles. The zero-order valence-corrected chi connectivity index (χ0v) is 17.3. The molecule has 2 aliphatic heterocycles. The second-order valence-electron chi connectivity index (χ2n) is 6.73. The maximum atomic E-state index is 12.6. The average Bonchev–Trinajstić information content (AvgIpc) is 2.74. The summed E-state index contributed by atoms with van der Waals surface area (Å²) in [4.78, 5) is 49.5. The standard InChI is InChI=1S/C20H21N3O7S/c1-2-30-13(25)7-6-11-9-31-19-15(18(27)23(19)16(11)20(28)29)22-17(26)14(21)10-4-3-5-12(24)8-10/h3-8,14-15,19,24H,2,9,21H2,1H3,(H,22,26)(H,28,29)/t14?,15?,19-/m0/s1. The van der Waals surface area contributed by atoms with Crippen molar-refractivity contribution in [3.63, 3.8) is 0 Å². The molecule has 1 fully saturated rings. The van der Waals surface area contributed by atoms with Gasteiger partial charge in [0.2, 0.25) is 5.91 Å². The molecule has 1 aromatic carbocycles. The molecule has 0 aliphatic carbocycles. The van der Waals surface area contributed by atoms with Crippen LogP contribution in [-0.4, -0.2) is 62.6 Å². The summed E-state index contributed by atoms with van der Waals surface area (Å²) in [6.07, 6.45) is 2.43. The Morgan fingerprint density at radius 3 is 2.81 bits per heavy atom. The van der Waals surface area contributed by atoms with Crippen molar-refractivity contribution in [1.82, 2.24) is 10.2 Å². The number of β-lactam (4-membered cyclic amide) rings is 1. The van der Waals surface area contributed by atoms with Crippen molar-refractivity contribution in [2.45, 2.75) is 24.4 Å². The van der Waals surface area contributed by atoms with Gasteiger partial charge in [-0.3, -0.25) is 14.5 Å². The zero-order chi connectivity index (χ0) is 22.7. The molecule has 1 saturated heterocycles. The highest BCUT2D eigenvalue weighted by atomic mass is 32.2. The van der Waals surface area contributed by atoms with Gasteiger partial charge < -0.3 is 26.0 Å². The third kappa shape index (κ3) is 4.57. The Morgan fingerprint density at radius 2 is 2.16 bits per heavy atom. The van der Waals surface area contributed by atoms with E-state index in [0.29, 0.717) is 5.56 Å². The molecular weight excluding hydrogens is 426 g/mol. The quantitative estimate of drug-likeness (QED) is 0.261. The van der Waals surface area contributed by atoms with Crippen LogP contribution in [-0.2, 0) is 23.9 Å². The number of esters is 1. The molecule has 0 bridgehead atoms. The van der Waals surface area contributed by atoms with E-state index in [1.807, 2.05) is 0 Å². The number of ether oxygens (including phenoxy) is 1. The zero-order valence-electron chi connectivity index (χ0n) is 16.5. The molecule has 5 N–H and O–H groups in total. The summed E-state index contributed by atoms with van der Waals surface area (Å²) in [6, 6.07) is 3.85. The number of nitrogens with two attached hydrogens (primary N) is 1. The number of phenols is 1. The van der Waals surface area contributed by atoms with Gasteiger partial charge in [0.25, 0.3) is 5.91 Å². The highest BCUT2D eigenvalue weighted by molar-refractivity contribution is 8.00. The monoisotopic (exact) mass is 447 g/mol. The van der Waals surface area contributed by atoms with Crippen molar-refractivity contribution in [2.24, 2.45) is 5.73 Å². The molecule has 0 radical (unpaired) electrons. The molecule has 31 heavy (non-hydrogen) atoms. The van der Waals surface area contributed by atoms with Crippen LogP contribution in [0, 0.1) is 0 Å². The van der Waals surface area contributed by atoms with Gasteiger partial charge in [0.1, 0.15) is 28.9 Å². The number of hydrogen-bond acceptors (Lipinski definition) is 8. The lowest BCUT2D eigenvalue weighted by Crippen LogP contribution is -2.71. The van der Waals surface area contributed by atoms with E-state index in [-0.39, 0.29) is 29.4 Å². The van der Waals surface area contributed by atoms with Crippen molar-refractivity contribution in [3.05, 3.63) is 53.3 Å². The van der Waals surface area contributed by atoms with Gasteiger partial charge in [0.15, 0.2) is 0 Å². The third-order valence-electron chi connectivity index (χ3n) is 4.72. The summed E-state index contributed by atoms with van der Waals surface area (Å²) in [5, 5.41) is 21.1. The largest absolute Gasteiger partial charge is 0.508 e. The Morgan fingerprint density at radius 1 is 1.42 bits per heavy atom. The Hall–Kier alpha value is -3.31. The number of aromatic hydroxyl groups is 1. The number of amides is 2. The van der Waals surface area contributed by atoms with Gasteiger partial charge in [-0.2, -0.15) is 0 Å². The van der Waals surface area contributed by atoms with Crippen LogP contribution in [0.5, 0.6) is 5.75 Å². The summed E-state index contributed by atoms with van der Waals surface area (Å²) < 4.78 is 4.78. The molecule has 1 aromatic rings. The minimum absolute atomic E-state index is 0.0471. The first-order valence-electron chi connectivity index (χ1n) is 9.35. The van der Waals surface area contributed by atoms with E-state index in [9.17, 15) is 29.4 Å². The molecule has 11 heteroatoms. The highest BCUT2D eigenvalue weighted by Gasteiger charge is 2.54. The molecule has 2 heterocycles. The second kappa shape index (κ2) is 9.23. The Bertz CT molecular complexity index is 991.